The van der Waals surface area contributed by atoms with Crippen molar-refractivity contribution < 1.29 is 14.6 Å². The zero-order valence-corrected chi connectivity index (χ0v) is 10.7. The number of hydrogen-bond acceptors (Lipinski definition) is 4. The van der Waals surface area contributed by atoms with Crippen molar-refractivity contribution in [3.05, 3.63) is 0 Å². The molecule has 0 bridgehead atoms. The van der Waals surface area contributed by atoms with E-state index >= 15 is 0 Å². The maximum absolute atomic E-state index is 10.3. The van der Waals surface area contributed by atoms with Gasteiger partial charge in [0.05, 0.1) is 5.60 Å². The highest BCUT2D eigenvalue weighted by atomic mass is 16.7. The summed E-state index contributed by atoms with van der Waals surface area (Å²) >= 11 is 0. The first-order valence-corrected chi connectivity index (χ1v) is 6.08. The van der Waals surface area contributed by atoms with E-state index in [4.69, 9.17) is 9.47 Å². The van der Waals surface area contributed by atoms with E-state index in [2.05, 4.69) is 12.2 Å². The van der Waals surface area contributed by atoms with E-state index in [0.717, 1.165) is 31.6 Å². The van der Waals surface area contributed by atoms with Gasteiger partial charge in [0, 0.05) is 27.3 Å². The minimum atomic E-state index is -0.529. The van der Waals surface area contributed by atoms with Crippen molar-refractivity contribution in [3.8, 4) is 0 Å². The molecule has 0 aromatic rings. The molecule has 0 amide bonds. The van der Waals surface area contributed by atoms with Gasteiger partial charge >= 0.3 is 0 Å². The van der Waals surface area contributed by atoms with E-state index in [1.165, 1.54) is 0 Å². The quantitative estimate of drug-likeness (QED) is 0.673. The van der Waals surface area contributed by atoms with Crippen LogP contribution < -0.4 is 5.32 Å². The topological polar surface area (TPSA) is 50.7 Å². The van der Waals surface area contributed by atoms with Crippen LogP contribution in [0.2, 0.25) is 0 Å². The minimum Gasteiger partial charge on any atom is -0.389 e. The van der Waals surface area contributed by atoms with Crippen LogP contribution in [0.1, 0.15) is 32.6 Å². The minimum absolute atomic E-state index is 0.230. The largest absolute Gasteiger partial charge is 0.389 e. The van der Waals surface area contributed by atoms with Crippen LogP contribution in [0, 0.1) is 5.92 Å². The van der Waals surface area contributed by atoms with E-state index in [1.807, 2.05) is 0 Å². The molecular weight excluding hydrogens is 206 g/mol. The molecule has 0 aromatic carbocycles. The summed E-state index contributed by atoms with van der Waals surface area (Å²) in [6, 6.07) is 0. The molecule has 1 fully saturated rings. The molecule has 4 heteroatoms. The number of methoxy groups -OCH3 is 2. The molecular formula is C12H25NO3. The summed E-state index contributed by atoms with van der Waals surface area (Å²) in [5, 5.41) is 13.5. The second kappa shape index (κ2) is 6.55. The van der Waals surface area contributed by atoms with Crippen molar-refractivity contribution in [1.29, 1.82) is 0 Å². The van der Waals surface area contributed by atoms with Crippen LogP contribution in [0.4, 0.5) is 0 Å². The lowest BCUT2D eigenvalue weighted by atomic mass is 9.79. The van der Waals surface area contributed by atoms with Gasteiger partial charge in [-0.1, -0.05) is 6.92 Å². The average Bonchev–Trinajstić information content (AvgIpc) is 2.29. The Kier molecular flexibility index (Phi) is 5.69. The smallest absolute Gasteiger partial charge is 0.169 e. The Bertz CT molecular complexity index is 187. The van der Waals surface area contributed by atoms with Crippen molar-refractivity contribution in [2.75, 3.05) is 27.3 Å². The first-order chi connectivity index (χ1) is 7.59. The van der Waals surface area contributed by atoms with Crippen LogP contribution in [0.15, 0.2) is 0 Å². The lowest BCUT2D eigenvalue weighted by Gasteiger charge is -2.35. The van der Waals surface area contributed by atoms with Crippen molar-refractivity contribution in [2.24, 2.45) is 5.92 Å². The van der Waals surface area contributed by atoms with Gasteiger partial charge < -0.3 is 19.9 Å². The molecule has 1 aliphatic rings. The van der Waals surface area contributed by atoms with Gasteiger partial charge in [0.15, 0.2) is 6.29 Å². The third kappa shape index (κ3) is 4.37. The third-order valence-corrected chi connectivity index (χ3v) is 3.50. The maximum Gasteiger partial charge on any atom is 0.169 e. The Balaban J connectivity index is 2.21. The van der Waals surface area contributed by atoms with Crippen LogP contribution in [0.25, 0.3) is 0 Å². The van der Waals surface area contributed by atoms with Crippen LogP contribution in [-0.4, -0.2) is 44.3 Å². The van der Waals surface area contributed by atoms with Gasteiger partial charge in [-0.05, 0) is 31.6 Å². The fraction of sp³-hybridized carbons (Fsp3) is 1.00. The van der Waals surface area contributed by atoms with E-state index in [9.17, 15) is 5.11 Å². The third-order valence-electron chi connectivity index (χ3n) is 3.50. The second-order valence-electron chi connectivity index (χ2n) is 4.94. The van der Waals surface area contributed by atoms with Gasteiger partial charge in [-0.15, -0.1) is 0 Å². The van der Waals surface area contributed by atoms with Crippen molar-refractivity contribution in [1.82, 2.24) is 5.32 Å². The van der Waals surface area contributed by atoms with Crippen LogP contribution in [0.5, 0.6) is 0 Å². The molecule has 0 aromatic heterocycles. The Labute approximate surface area is 98.3 Å². The molecule has 1 aliphatic carbocycles. The van der Waals surface area contributed by atoms with E-state index in [0.29, 0.717) is 13.1 Å². The number of aliphatic hydroxyl groups is 1. The first kappa shape index (κ1) is 13.9. The fourth-order valence-electron chi connectivity index (χ4n) is 2.16. The SMILES string of the molecule is COC(CNCC1(O)CCC(C)CC1)OC. The molecule has 0 aliphatic heterocycles. The summed E-state index contributed by atoms with van der Waals surface area (Å²) in [5.74, 6) is 0.756. The number of ether oxygens (including phenoxy) is 2. The van der Waals surface area contributed by atoms with E-state index in [1.54, 1.807) is 14.2 Å². The molecule has 4 nitrogen and oxygen atoms in total. The zero-order valence-electron chi connectivity index (χ0n) is 10.7. The summed E-state index contributed by atoms with van der Waals surface area (Å²) in [4.78, 5) is 0. The van der Waals surface area contributed by atoms with E-state index in [-0.39, 0.29) is 6.29 Å². The Morgan fingerprint density at radius 1 is 1.31 bits per heavy atom. The van der Waals surface area contributed by atoms with Gasteiger partial charge in [-0.25, -0.2) is 0 Å². The summed E-state index contributed by atoms with van der Waals surface area (Å²) in [7, 11) is 3.24. The molecule has 96 valence electrons. The Morgan fingerprint density at radius 2 is 1.88 bits per heavy atom. The molecule has 0 heterocycles. The van der Waals surface area contributed by atoms with Crippen LogP contribution in [0.3, 0.4) is 0 Å². The predicted octanol–water partition coefficient (Wildman–Crippen LogP) is 1.14. The summed E-state index contributed by atoms with van der Waals surface area (Å²) in [6.45, 7) is 3.49. The number of rotatable bonds is 6. The first-order valence-electron chi connectivity index (χ1n) is 6.08. The summed E-state index contributed by atoms with van der Waals surface area (Å²) in [5.41, 5.74) is -0.529. The molecule has 0 radical (unpaired) electrons. The highest BCUT2D eigenvalue weighted by Crippen LogP contribution is 2.31. The molecule has 1 saturated carbocycles. The molecule has 2 N–H and O–H groups in total. The van der Waals surface area contributed by atoms with E-state index < -0.39 is 5.60 Å². The normalized spacial score (nSPS) is 30.9. The molecule has 16 heavy (non-hydrogen) atoms. The van der Waals surface area contributed by atoms with Gasteiger partial charge in [0.1, 0.15) is 0 Å². The summed E-state index contributed by atoms with van der Waals surface area (Å²) < 4.78 is 10.1. The van der Waals surface area contributed by atoms with Gasteiger partial charge in [-0.3, -0.25) is 0 Å². The fourth-order valence-corrected chi connectivity index (χ4v) is 2.16. The molecule has 0 spiro atoms. The molecule has 0 atom stereocenters. The average molecular weight is 231 g/mol. The van der Waals surface area contributed by atoms with Crippen LogP contribution >= 0.6 is 0 Å². The van der Waals surface area contributed by atoms with Crippen LogP contribution in [-0.2, 0) is 9.47 Å². The zero-order chi connectivity index (χ0) is 12.0. The predicted molar refractivity (Wildman–Crippen MR) is 63.3 cm³/mol. The second-order valence-corrected chi connectivity index (χ2v) is 4.94. The number of hydrogen-bond donors (Lipinski definition) is 2. The molecule has 0 unspecified atom stereocenters. The van der Waals surface area contributed by atoms with Gasteiger partial charge in [0.2, 0.25) is 0 Å². The number of nitrogens with one attached hydrogen (secondary N) is 1. The van der Waals surface area contributed by atoms with Crippen molar-refractivity contribution in [2.45, 2.75) is 44.5 Å². The monoisotopic (exact) mass is 231 g/mol. The molecule has 1 rings (SSSR count). The highest BCUT2D eigenvalue weighted by Gasteiger charge is 2.31. The van der Waals surface area contributed by atoms with Gasteiger partial charge in [0.25, 0.3) is 0 Å². The Morgan fingerprint density at radius 3 is 2.38 bits per heavy atom. The maximum atomic E-state index is 10.3. The highest BCUT2D eigenvalue weighted by molar-refractivity contribution is 4.86. The van der Waals surface area contributed by atoms with Crippen molar-refractivity contribution >= 4 is 0 Å². The van der Waals surface area contributed by atoms with Gasteiger partial charge in [-0.2, -0.15) is 0 Å². The summed E-state index contributed by atoms with van der Waals surface area (Å²) in [6.07, 6.45) is 3.80. The van der Waals surface area contributed by atoms with Crippen molar-refractivity contribution in [3.63, 3.8) is 0 Å². The molecule has 0 saturated heterocycles. The Hall–Kier alpha value is -0.160. The lowest BCUT2D eigenvalue weighted by Crippen LogP contribution is -2.45. The lowest BCUT2D eigenvalue weighted by molar-refractivity contribution is -0.102. The standard InChI is InChI=1S/C12H25NO3/c1-10-4-6-12(14,7-5-10)9-13-8-11(15-2)16-3/h10-11,13-14H,4-9H2,1-3H3.